The monoisotopic (exact) mass is 388 g/mol. The number of nitrogens with zero attached hydrogens (tertiary/aromatic N) is 2. The maximum atomic E-state index is 10.2. The van der Waals surface area contributed by atoms with Gasteiger partial charge in [-0.2, -0.15) is 0 Å². The van der Waals surface area contributed by atoms with Gasteiger partial charge < -0.3 is 0 Å². The van der Waals surface area contributed by atoms with Gasteiger partial charge in [-0.1, -0.05) is 0 Å². The second kappa shape index (κ2) is 4.21. The van der Waals surface area contributed by atoms with Crippen LogP contribution in [0.5, 0.6) is 0 Å². The summed E-state index contributed by atoms with van der Waals surface area (Å²) >= 11 is 4.11. The van der Waals surface area contributed by atoms with Gasteiger partial charge in [0.15, 0.2) is 0 Å². The third-order valence-corrected chi connectivity index (χ3v) is 4.03. The minimum absolute atomic E-state index is 0.0924. The van der Waals surface area contributed by atoms with Gasteiger partial charge in [0.25, 0.3) is 0 Å². The molecule has 62 valence electrons. The first-order chi connectivity index (χ1) is 5.69. The lowest BCUT2D eigenvalue weighted by molar-refractivity contribution is 1.39. The minimum Gasteiger partial charge on any atom is -0.145 e. The molecule has 0 spiro atoms. The second-order valence-corrected chi connectivity index (χ2v) is 4.26. The van der Waals surface area contributed by atoms with Crippen molar-refractivity contribution in [3.63, 3.8) is 0 Å². The van der Waals surface area contributed by atoms with Crippen molar-refractivity contribution >= 4 is 56.6 Å². The van der Waals surface area contributed by atoms with Gasteiger partial charge in [-0.15, -0.1) is 9.81 Å². The molecule has 0 aliphatic rings. The number of benzene rings is 1. The summed E-state index contributed by atoms with van der Waals surface area (Å²) in [6.07, 6.45) is 0. The molecule has 0 aliphatic carbocycles. The van der Waals surface area contributed by atoms with E-state index in [2.05, 4.69) is 55.5 Å². The number of rotatable bonds is 2. The molecule has 1 rings (SSSR count). The van der Waals surface area contributed by atoms with Crippen LogP contribution in [0.3, 0.4) is 0 Å². The first kappa shape index (κ1) is 9.96. The van der Waals surface area contributed by atoms with Crippen molar-refractivity contribution in [2.24, 2.45) is 10.4 Å². The minimum atomic E-state index is 0.0924. The van der Waals surface area contributed by atoms with Gasteiger partial charge in [-0.05, 0) is 67.7 Å². The Morgan fingerprint density at radius 2 is 1.25 bits per heavy atom. The summed E-state index contributed by atoms with van der Waals surface area (Å²) in [6, 6.07) is 3.07. The zero-order chi connectivity index (χ0) is 9.14. The van der Waals surface area contributed by atoms with E-state index in [9.17, 15) is 9.81 Å². The summed E-state index contributed by atoms with van der Waals surface area (Å²) in [5.41, 5.74) is 0.185. The van der Waals surface area contributed by atoms with Crippen LogP contribution in [0.2, 0.25) is 0 Å². The Kier molecular flexibility index (Phi) is 3.50. The van der Waals surface area contributed by atoms with Crippen LogP contribution in [0.4, 0.5) is 11.4 Å². The predicted molar refractivity (Wildman–Crippen MR) is 62.8 cm³/mol. The fourth-order valence-corrected chi connectivity index (χ4v) is 1.57. The first-order valence-corrected chi connectivity index (χ1v) is 5.00. The molecular formula is C6H2I2N2O2. The predicted octanol–water partition coefficient (Wildman–Crippen LogP) is 3.69. The Labute approximate surface area is 95.3 Å². The van der Waals surface area contributed by atoms with Crippen molar-refractivity contribution in [1.82, 2.24) is 0 Å². The van der Waals surface area contributed by atoms with Crippen LogP contribution in [0.25, 0.3) is 0 Å². The van der Waals surface area contributed by atoms with Gasteiger partial charge in [-0.3, -0.25) is 0 Å². The standard InChI is InChI=1S/C6H2I2N2O2/c7-3-1-5(9-11)6(10-12)2-4(3)8/h1-2H. The molecule has 0 atom stereocenters. The van der Waals surface area contributed by atoms with Crippen LogP contribution in [-0.2, 0) is 0 Å². The maximum Gasteiger partial charge on any atom is 0.138 e. The van der Waals surface area contributed by atoms with E-state index in [1.165, 1.54) is 12.1 Å². The summed E-state index contributed by atoms with van der Waals surface area (Å²) < 4.78 is 1.77. The lowest BCUT2D eigenvalue weighted by Crippen LogP contribution is -1.78. The van der Waals surface area contributed by atoms with Crippen molar-refractivity contribution in [1.29, 1.82) is 0 Å². The zero-order valence-corrected chi connectivity index (χ0v) is 9.94. The molecule has 0 radical (unpaired) electrons. The molecule has 4 nitrogen and oxygen atoms in total. The SMILES string of the molecule is O=Nc1cc(I)c(I)cc1N=O. The molecule has 0 unspecified atom stereocenters. The Morgan fingerprint density at radius 3 is 1.50 bits per heavy atom. The van der Waals surface area contributed by atoms with Gasteiger partial charge in [0, 0.05) is 7.14 Å². The largest absolute Gasteiger partial charge is 0.145 e. The number of halogens is 2. The first-order valence-electron chi connectivity index (χ1n) is 2.85. The molecule has 0 amide bonds. The Hall–Kier alpha value is -0.120. The highest BCUT2D eigenvalue weighted by atomic mass is 127. The summed E-state index contributed by atoms with van der Waals surface area (Å²) in [5, 5.41) is 5.38. The highest BCUT2D eigenvalue weighted by molar-refractivity contribution is 14.1. The van der Waals surface area contributed by atoms with Gasteiger partial charge >= 0.3 is 0 Å². The van der Waals surface area contributed by atoms with E-state index >= 15 is 0 Å². The Bertz CT molecular complexity index is 308. The molecule has 0 saturated carbocycles. The lowest BCUT2D eigenvalue weighted by Gasteiger charge is -1.97. The third kappa shape index (κ3) is 1.97. The number of nitroso groups, excluding NO2 is 2. The molecule has 0 fully saturated rings. The van der Waals surface area contributed by atoms with Gasteiger partial charge in [0.1, 0.15) is 11.4 Å². The molecule has 0 saturated heterocycles. The molecule has 0 aromatic heterocycles. The normalized spacial score (nSPS) is 9.50. The molecule has 1 aromatic rings. The van der Waals surface area contributed by atoms with Crippen molar-refractivity contribution in [3.8, 4) is 0 Å². The third-order valence-electron chi connectivity index (χ3n) is 1.21. The van der Waals surface area contributed by atoms with Crippen molar-refractivity contribution in [2.75, 3.05) is 0 Å². The number of hydrogen-bond donors (Lipinski definition) is 0. The second-order valence-electron chi connectivity index (χ2n) is 1.94. The van der Waals surface area contributed by atoms with E-state index in [0.717, 1.165) is 7.14 Å². The van der Waals surface area contributed by atoms with Crippen molar-refractivity contribution < 1.29 is 0 Å². The molecule has 6 heteroatoms. The Balaban J connectivity index is 3.37. The van der Waals surface area contributed by atoms with Crippen LogP contribution in [0.1, 0.15) is 0 Å². The fraction of sp³-hybridized carbons (Fsp3) is 0. The van der Waals surface area contributed by atoms with Crippen molar-refractivity contribution in [3.05, 3.63) is 29.1 Å². The molecule has 12 heavy (non-hydrogen) atoms. The summed E-state index contributed by atoms with van der Waals surface area (Å²) in [6.45, 7) is 0. The summed E-state index contributed by atoms with van der Waals surface area (Å²) in [4.78, 5) is 20.4. The maximum absolute atomic E-state index is 10.2. The molecule has 0 N–H and O–H groups in total. The number of hydrogen-bond acceptors (Lipinski definition) is 4. The topological polar surface area (TPSA) is 58.9 Å². The van der Waals surface area contributed by atoms with E-state index < -0.39 is 0 Å². The van der Waals surface area contributed by atoms with Crippen LogP contribution >= 0.6 is 45.2 Å². The van der Waals surface area contributed by atoms with Crippen LogP contribution in [0, 0.1) is 17.0 Å². The highest BCUT2D eigenvalue weighted by Crippen LogP contribution is 2.32. The average molecular weight is 388 g/mol. The van der Waals surface area contributed by atoms with Gasteiger partial charge in [0.05, 0.1) is 0 Å². The summed E-state index contributed by atoms with van der Waals surface area (Å²) in [5.74, 6) is 0. The fourth-order valence-electron chi connectivity index (χ4n) is 0.672. The van der Waals surface area contributed by atoms with Crippen LogP contribution in [0.15, 0.2) is 22.5 Å². The molecule has 0 aliphatic heterocycles. The van der Waals surface area contributed by atoms with E-state index in [4.69, 9.17) is 0 Å². The van der Waals surface area contributed by atoms with Crippen LogP contribution in [-0.4, -0.2) is 0 Å². The van der Waals surface area contributed by atoms with E-state index in [0.29, 0.717) is 0 Å². The lowest BCUT2D eigenvalue weighted by atomic mass is 10.3. The van der Waals surface area contributed by atoms with Gasteiger partial charge in [-0.25, -0.2) is 0 Å². The van der Waals surface area contributed by atoms with E-state index in [-0.39, 0.29) is 11.4 Å². The van der Waals surface area contributed by atoms with E-state index in [1.807, 2.05) is 0 Å². The van der Waals surface area contributed by atoms with Crippen LogP contribution < -0.4 is 0 Å². The smallest absolute Gasteiger partial charge is 0.138 e. The average Bonchev–Trinajstić information content (AvgIpc) is 2.09. The summed E-state index contributed by atoms with van der Waals surface area (Å²) in [7, 11) is 0. The quantitative estimate of drug-likeness (QED) is 0.574. The Morgan fingerprint density at radius 1 is 0.917 bits per heavy atom. The van der Waals surface area contributed by atoms with Crippen molar-refractivity contribution in [2.45, 2.75) is 0 Å². The molecule has 0 heterocycles. The highest BCUT2D eigenvalue weighted by Gasteiger charge is 2.07. The van der Waals surface area contributed by atoms with Gasteiger partial charge in [0.2, 0.25) is 0 Å². The molecule has 0 bridgehead atoms. The zero-order valence-electron chi connectivity index (χ0n) is 5.62. The molecule has 1 aromatic carbocycles. The van der Waals surface area contributed by atoms with E-state index in [1.54, 1.807) is 0 Å². The molecular weight excluding hydrogens is 386 g/mol.